The van der Waals surface area contributed by atoms with E-state index in [0.29, 0.717) is 24.1 Å². The first-order valence-corrected chi connectivity index (χ1v) is 8.18. The third-order valence-electron chi connectivity index (χ3n) is 4.33. The highest BCUT2D eigenvalue weighted by Gasteiger charge is 2.35. The lowest BCUT2D eigenvalue weighted by atomic mass is 9.92. The number of nitrogens with zero attached hydrogens (tertiary/aromatic N) is 1. The summed E-state index contributed by atoms with van der Waals surface area (Å²) in [6.45, 7) is 0.366. The van der Waals surface area contributed by atoms with E-state index in [1.165, 1.54) is 4.90 Å². The molecule has 1 aliphatic rings. The van der Waals surface area contributed by atoms with E-state index in [4.69, 9.17) is 0 Å². The van der Waals surface area contributed by atoms with Crippen molar-refractivity contribution in [1.29, 1.82) is 0 Å². The van der Waals surface area contributed by atoms with E-state index in [1.54, 1.807) is 48.5 Å². The Morgan fingerprint density at radius 3 is 2.04 bits per heavy atom. The summed E-state index contributed by atoms with van der Waals surface area (Å²) < 4.78 is 0. The van der Waals surface area contributed by atoms with Gasteiger partial charge in [0.25, 0.3) is 5.91 Å². The first kappa shape index (κ1) is 16.1. The molecule has 1 aliphatic heterocycles. The van der Waals surface area contributed by atoms with Gasteiger partial charge in [-0.2, -0.15) is 0 Å². The molecule has 1 heterocycles. The van der Waals surface area contributed by atoms with Crippen LogP contribution in [0.3, 0.4) is 0 Å². The van der Waals surface area contributed by atoms with Gasteiger partial charge >= 0.3 is 0 Å². The van der Waals surface area contributed by atoms with Crippen molar-refractivity contribution in [1.82, 2.24) is 4.90 Å². The van der Waals surface area contributed by atoms with Crippen molar-refractivity contribution >= 4 is 17.6 Å². The molecule has 1 saturated heterocycles. The first-order chi connectivity index (χ1) is 11.7. The Balaban J connectivity index is 1.86. The van der Waals surface area contributed by atoms with Crippen molar-refractivity contribution in [2.24, 2.45) is 5.92 Å². The highest BCUT2D eigenvalue weighted by molar-refractivity contribution is 6.15. The van der Waals surface area contributed by atoms with Crippen molar-refractivity contribution in [2.75, 3.05) is 6.54 Å². The van der Waals surface area contributed by atoms with Gasteiger partial charge in [-0.05, 0) is 25.0 Å². The summed E-state index contributed by atoms with van der Waals surface area (Å²) in [5.41, 5.74) is 0.989. The van der Waals surface area contributed by atoms with E-state index >= 15 is 0 Å². The van der Waals surface area contributed by atoms with Crippen LogP contribution in [-0.4, -0.2) is 29.0 Å². The predicted octanol–water partition coefficient (Wildman–Crippen LogP) is 3.34. The van der Waals surface area contributed by atoms with E-state index in [0.717, 1.165) is 12.8 Å². The lowest BCUT2D eigenvalue weighted by Gasteiger charge is -2.22. The Morgan fingerprint density at radius 2 is 1.42 bits per heavy atom. The molecular formula is C20H19NO3. The van der Waals surface area contributed by atoms with Crippen LogP contribution < -0.4 is 0 Å². The third kappa shape index (κ3) is 3.27. The van der Waals surface area contributed by atoms with Crippen molar-refractivity contribution in [2.45, 2.75) is 19.3 Å². The average Bonchev–Trinajstić information content (AvgIpc) is 2.83. The topological polar surface area (TPSA) is 54.5 Å². The quantitative estimate of drug-likeness (QED) is 0.495. The Kier molecular flexibility index (Phi) is 4.85. The lowest BCUT2D eigenvalue weighted by molar-refractivity contribution is -0.130. The van der Waals surface area contributed by atoms with Gasteiger partial charge in [0.05, 0.1) is 0 Å². The molecule has 1 atom stereocenters. The number of benzene rings is 2. The van der Waals surface area contributed by atoms with Crippen LogP contribution in [0, 0.1) is 5.92 Å². The molecule has 3 rings (SSSR count). The lowest BCUT2D eigenvalue weighted by Crippen LogP contribution is -2.42. The van der Waals surface area contributed by atoms with Crippen LogP contribution in [0.4, 0.5) is 0 Å². The largest absolute Gasteiger partial charge is 0.293 e. The zero-order chi connectivity index (χ0) is 16.9. The zero-order valence-corrected chi connectivity index (χ0v) is 13.4. The second-order valence-electron chi connectivity index (χ2n) is 5.94. The Hall–Kier alpha value is -2.75. The zero-order valence-electron chi connectivity index (χ0n) is 13.4. The molecule has 0 radical (unpaired) electrons. The van der Waals surface area contributed by atoms with Crippen molar-refractivity contribution in [3.63, 3.8) is 0 Å². The SMILES string of the molecule is O=C(c1ccccc1)C1CCCCN(C(=O)c2ccccc2)C1=O. The minimum atomic E-state index is -0.775. The summed E-state index contributed by atoms with van der Waals surface area (Å²) in [5, 5.41) is 0. The summed E-state index contributed by atoms with van der Waals surface area (Å²) in [6.07, 6.45) is 1.97. The Labute approximate surface area is 141 Å². The summed E-state index contributed by atoms with van der Waals surface area (Å²) >= 11 is 0. The van der Waals surface area contributed by atoms with Gasteiger partial charge in [0, 0.05) is 17.7 Å². The van der Waals surface area contributed by atoms with Crippen LogP contribution in [0.2, 0.25) is 0 Å². The van der Waals surface area contributed by atoms with Gasteiger partial charge in [-0.25, -0.2) is 0 Å². The molecular weight excluding hydrogens is 302 g/mol. The van der Waals surface area contributed by atoms with Gasteiger partial charge < -0.3 is 0 Å². The fourth-order valence-corrected chi connectivity index (χ4v) is 3.03. The molecule has 2 aromatic carbocycles. The molecule has 4 heteroatoms. The van der Waals surface area contributed by atoms with Gasteiger partial charge in [-0.1, -0.05) is 55.0 Å². The van der Waals surface area contributed by atoms with Crippen molar-refractivity contribution in [3.05, 3.63) is 71.8 Å². The Bertz CT molecular complexity index is 676. The summed E-state index contributed by atoms with van der Waals surface area (Å²) in [7, 11) is 0. The summed E-state index contributed by atoms with van der Waals surface area (Å²) in [5.74, 6) is -1.68. The molecule has 0 bridgehead atoms. The normalized spacial score (nSPS) is 18.1. The number of Topliss-reactive ketones (excluding diaryl/α,β-unsaturated/α-hetero) is 1. The molecule has 0 aromatic heterocycles. The number of likely N-dealkylation sites (tertiary alicyclic amines) is 1. The predicted molar refractivity (Wildman–Crippen MR) is 90.6 cm³/mol. The second-order valence-corrected chi connectivity index (χ2v) is 5.94. The number of carbonyl (C=O) groups excluding carboxylic acids is 3. The molecule has 0 saturated carbocycles. The molecule has 24 heavy (non-hydrogen) atoms. The fraction of sp³-hybridized carbons (Fsp3) is 0.250. The summed E-state index contributed by atoms with van der Waals surface area (Å²) in [4.78, 5) is 39.5. The minimum Gasteiger partial charge on any atom is -0.293 e. The van der Waals surface area contributed by atoms with E-state index in [1.807, 2.05) is 12.1 Å². The number of imide groups is 1. The van der Waals surface area contributed by atoms with Crippen LogP contribution in [-0.2, 0) is 4.79 Å². The maximum absolute atomic E-state index is 12.9. The standard InChI is InChI=1S/C20H19NO3/c22-18(15-9-3-1-4-10-15)17-13-7-8-14-21(20(17)24)19(23)16-11-5-2-6-12-16/h1-6,9-12,17H,7-8,13-14H2. The number of ketones is 1. The molecule has 2 aromatic rings. The minimum absolute atomic E-state index is 0.201. The molecule has 1 unspecified atom stereocenters. The maximum Gasteiger partial charge on any atom is 0.260 e. The molecule has 122 valence electrons. The molecule has 0 spiro atoms. The van der Waals surface area contributed by atoms with Gasteiger partial charge in [-0.3, -0.25) is 19.3 Å². The monoisotopic (exact) mass is 321 g/mol. The molecule has 4 nitrogen and oxygen atoms in total. The van der Waals surface area contributed by atoms with Crippen molar-refractivity contribution < 1.29 is 14.4 Å². The number of amides is 2. The molecule has 0 N–H and O–H groups in total. The maximum atomic E-state index is 12.9. The van der Waals surface area contributed by atoms with E-state index in [-0.39, 0.29) is 17.6 Å². The molecule has 2 amide bonds. The van der Waals surface area contributed by atoms with Crippen LogP contribution in [0.1, 0.15) is 40.0 Å². The van der Waals surface area contributed by atoms with E-state index < -0.39 is 5.92 Å². The third-order valence-corrected chi connectivity index (χ3v) is 4.33. The fourth-order valence-electron chi connectivity index (χ4n) is 3.03. The van der Waals surface area contributed by atoms with Gasteiger partial charge in [-0.15, -0.1) is 0 Å². The van der Waals surface area contributed by atoms with E-state index in [2.05, 4.69) is 0 Å². The van der Waals surface area contributed by atoms with Crippen LogP contribution in [0.5, 0.6) is 0 Å². The highest BCUT2D eigenvalue weighted by Crippen LogP contribution is 2.23. The molecule has 0 aliphatic carbocycles. The van der Waals surface area contributed by atoms with Crippen LogP contribution in [0.25, 0.3) is 0 Å². The van der Waals surface area contributed by atoms with E-state index in [9.17, 15) is 14.4 Å². The number of rotatable bonds is 3. The average molecular weight is 321 g/mol. The van der Waals surface area contributed by atoms with Crippen molar-refractivity contribution in [3.8, 4) is 0 Å². The first-order valence-electron chi connectivity index (χ1n) is 8.18. The number of hydrogen-bond donors (Lipinski definition) is 0. The molecule has 1 fully saturated rings. The Morgan fingerprint density at radius 1 is 0.833 bits per heavy atom. The second kappa shape index (κ2) is 7.21. The highest BCUT2D eigenvalue weighted by atomic mass is 16.2. The number of carbonyl (C=O) groups is 3. The van der Waals surface area contributed by atoms with Gasteiger partial charge in [0.15, 0.2) is 5.78 Å². The summed E-state index contributed by atoms with van der Waals surface area (Å²) in [6, 6.07) is 17.5. The van der Waals surface area contributed by atoms with Crippen LogP contribution in [0.15, 0.2) is 60.7 Å². The van der Waals surface area contributed by atoms with Crippen LogP contribution >= 0.6 is 0 Å². The van der Waals surface area contributed by atoms with Gasteiger partial charge in [0.1, 0.15) is 5.92 Å². The van der Waals surface area contributed by atoms with Gasteiger partial charge in [0.2, 0.25) is 5.91 Å². The number of hydrogen-bond acceptors (Lipinski definition) is 3. The smallest absolute Gasteiger partial charge is 0.260 e.